The molecule has 0 heterocycles. The Morgan fingerprint density at radius 2 is 1.76 bits per heavy atom. The van der Waals surface area contributed by atoms with Gasteiger partial charge in [-0.2, -0.15) is 0 Å². The third-order valence-electron chi connectivity index (χ3n) is 3.70. The lowest BCUT2D eigenvalue weighted by atomic mass is 9.92. The van der Waals surface area contributed by atoms with Gasteiger partial charge in [0, 0.05) is 13.0 Å². The molecule has 0 fully saturated rings. The molecule has 5 heteroatoms. The molecule has 2 rings (SSSR count). The molecule has 0 saturated heterocycles. The lowest BCUT2D eigenvalue weighted by Gasteiger charge is -2.19. The molecule has 0 radical (unpaired) electrons. The molecule has 0 unspecified atom stereocenters. The van der Waals surface area contributed by atoms with E-state index in [0.717, 1.165) is 16.8 Å². The summed E-state index contributed by atoms with van der Waals surface area (Å²) >= 11 is 6.48. The van der Waals surface area contributed by atoms with Gasteiger partial charge in [0.05, 0.1) is 16.4 Å². The van der Waals surface area contributed by atoms with Gasteiger partial charge in [-0.15, -0.1) is 0 Å². The Balaban J connectivity index is 2.12. The van der Waals surface area contributed by atoms with E-state index in [4.69, 9.17) is 11.6 Å². The fourth-order valence-electron chi connectivity index (χ4n) is 2.43. The van der Waals surface area contributed by atoms with Crippen molar-refractivity contribution in [2.45, 2.75) is 40.7 Å². The molecule has 0 bridgehead atoms. The average molecular weight is 363 g/mol. The maximum Gasteiger partial charge on any atom is 0.224 e. The number of halogens is 2. The van der Waals surface area contributed by atoms with Crippen LogP contribution in [0.25, 0.3) is 0 Å². The fraction of sp³-hybridized carbons (Fsp3) is 0.350. The number of hydrogen-bond acceptors (Lipinski definition) is 2. The van der Waals surface area contributed by atoms with Crippen molar-refractivity contribution in [2.24, 2.45) is 5.41 Å². The molecule has 0 aliphatic heterocycles. The van der Waals surface area contributed by atoms with Crippen LogP contribution in [0, 0.1) is 18.2 Å². The van der Waals surface area contributed by atoms with Gasteiger partial charge in [0.2, 0.25) is 5.91 Å². The molecule has 0 spiro atoms. The molecule has 0 atom stereocenters. The minimum absolute atomic E-state index is 0.0619. The second-order valence-electron chi connectivity index (χ2n) is 7.38. The van der Waals surface area contributed by atoms with E-state index in [1.54, 1.807) is 12.1 Å². The van der Waals surface area contributed by atoms with E-state index >= 15 is 0 Å². The summed E-state index contributed by atoms with van der Waals surface area (Å²) in [5.74, 6) is -0.325. The maximum atomic E-state index is 13.0. The van der Waals surface area contributed by atoms with Crippen molar-refractivity contribution in [3.63, 3.8) is 0 Å². The maximum absolute atomic E-state index is 13.0. The molecular formula is C20H24ClFN2O. The highest BCUT2D eigenvalue weighted by atomic mass is 35.5. The van der Waals surface area contributed by atoms with Gasteiger partial charge in [0.15, 0.2) is 0 Å². The molecule has 0 saturated carbocycles. The van der Waals surface area contributed by atoms with Crippen LogP contribution in [0.2, 0.25) is 5.02 Å². The molecule has 1 amide bonds. The summed E-state index contributed by atoms with van der Waals surface area (Å²) in [6.45, 7) is 8.46. The minimum Gasteiger partial charge on any atom is -0.380 e. The van der Waals surface area contributed by atoms with E-state index in [0.29, 0.717) is 23.7 Å². The molecule has 2 aromatic rings. The minimum atomic E-state index is -0.263. The second-order valence-corrected chi connectivity index (χ2v) is 7.76. The number of aryl methyl sites for hydroxylation is 1. The largest absolute Gasteiger partial charge is 0.380 e. The first kappa shape index (κ1) is 19.3. The lowest BCUT2D eigenvalue weighted by Crippen LogP contribution is -2.20. The van der Waals surface area contributed by atoms with Gasteiger partial charge < -0.3 is 10.6 Å². The van der Waals surface area contributed by atoms with Gasteiger partial charge in [-0.25, -0.2) is 4.39 Å². The molecule has 2 N–H and O–H groups in total. The Hall–Kier alpha value is -2.07. The van der Waals surface area contributed by atoms with Crippen molar-refractivity contribution in [2.75, 3.05) is 10.6 Å². The number of amides is 1. The SMILES string of the molecule is Cc1ccc(NCc2ccc(F)cc2)c(Cl)c1NC(=O)CC(C)(C)C. The molecule has 0 aliphatic carbocycles. The Bertz CT molecular complexity index is 752. The fourth-order valence-corrected chi connectivity index (χ4v) is 2.75. The first-order valence-corrected chi connectivity index (χ1v) is 8.61. The van der Waals surface area contributed by atoms with Crippen LogP contribution >= 0.6 is 11.6 Å². The van der Waals surface area contributed by atoms with Crippen molar-refractivity contribution in [1.29, 1.82) is 0 Å². The van der Waals surface area contributed by atoms with E-state index in [2.05, 4.69) is 10.6 Å². The number of benzene rings is 2. The van der Waals surface area contributed by atoms with E-state index in [1.165, 1.54) is 12.1 Å². The quantitative estimate of drug-likeness (QED) is 0.708. The predicted molar refractivity (Wildman–Crippen MR) is 103 cm³/mol. The van der Waals surface area contributed by atoms with E-state index in [-0.39, 0.29) is 17.1 Å². The summed E-state index contributed by atoms with van der Waals surface area (Å²) in [5.41, 5.74) is 3.10. The van der Waals surface area contributed by atoms with Gasteiger partial charge in [0.25, 0.3) is 0 Å². The summed E-state index contributed by atoms with van der Waals surface area (Å²) in [5, 5.41) is 6.63. The van der Waals surface area contributed by atoms with Crippen LogP contribution < -0.4 is 10.6 Å². The van der Waals surface area contributed by atoms with Gasteiger partial charge in [-0.3, -0.25) is 4.79 Å². The normalized spacial score (nSPS) is 11.3. The zero-order valence-corrected chi connectivity index (χ0v) is 15.8. The van der Waals surface area contributed by atoms with Crippen LogP contribution in [0.15, 0.2) is 36.4 Å². The molecule has 0 aromatic heterocycles. The number of rotatable bonds is 5. The molecular weight excluding hydrogens is 339 g/mol. The van der Waals surface area contributed by atoms with Crippen LogP contribution in [0.5, 0.6) is 0 Å². The topological polar surface area (TPSA) is 41.1 Å². The van der Waals surface area contributed by atoms with Crippen molar-refractivity contribution in [3.8, 4) is 0 Å². The third kappa shape index (κ3) is 5.75. The smallest absolute Gasteiger partial charge is 0.224 e. The van der Waals surface area contributed by atoms with Gasteiger partial charge in [0.1, 0.15) is 5.82 Å². The van der Waals surface area contributed by atoms with Crippen LogP contribution in [0.1, 0.15) is 38.3 Å². The summed E-state index contributed by atoms with van der Waals surface area (Å²) in [7, 11) is 0. The first-order valence-electron chi connectivity index (χ1n) is 8.23. The highest BCUT2D eigenvalue weighted by molar-refractivity contribution is 6.36. The second kappa shape index (κ2) is 7.87. The Labute approximate surface area is 153 Å². The monoisotopic (exact) mass is 362 g/mol. The molecule has 25 heavy (non-hydrogen) atoms. The third-order valence-corrected chi connectivity index (χ3v) is 4.09. The first-order chi connectivity index (χ1) is 11.7. The average Bonchev–Trinajstić information content (AvgIpc) is 2.50. The number of anilines is 2. The molecule has 3 nitrogen and oxygen atoms in total. The molecule has 134 valence electrons. The summed E-state index contributed by atoms with van der Waals surface area (Å²) < 4.78 is 13.0. The van der Waals surface area contributed by atoms with Crippen LogP contribution in [0.3, 0.4) is 0 Å². The van der Waals surface area contributed by atoms with E-state index < -0.39 is 0 Å². The zero-order chi connectivity index (χ0) is 18.6. The zero-order valence-electron chi connectivity index (χ0n) is 15.0. The number of nitrogens with one attached hydrogen (secondary N) is 2. The molecule has 0 aliphatic rings. The molecule has 2 aromatic carbocycles. The Kier molecular flexibility index (Phi) is 6.07. The summed E-state index contributed by atoms with van der Waals surface area (Å²) in [6.07, 6.45) is 0.413. The van der Waals surface area contributed by atoms with Crippen molar-refractivity contribution < 1.29 is 9.18 Å². The van der Waals surface area contributed by atoms with Crippen LogP contribution in [0.4, 0.5) is 15.8 Å². The number of carbonyl (C=O) groups is 1. The Morgan fingerprint density at radius 3 is 2.36 bits per heavy atom. The standard InChI is InChI=1S/C20H24ClFN2O/c1-13-5-10-16(23-12-14-6-8-15(22)9-7-14)18(21)19(13)24-17(25)11-20(2,3)4/h5-10,23H,11-12H2,1-4H3,(H,24,25). The Morgan fingerprint density at radius 1 is 1.12 bits per heavy atom. The van der Waals surface area contributed by atoms with Crippen molar-refractivity contribution in [3.05, 3.63) is 58.4 Å². The van der Waals surface area contributed by atoms with E-state index in [1.807, 2.05) is 39.8 Å². The number of hydrogen-bond donors (Lipinski definition) is 2. The van der Waals surface area contributed by atoms with Gasteiger partial charge in [-0.1, -0.05) is 50.6 Å². The van der Waals surface area contributed by atoms with E-state index in [9.17, 15) is 9.18 Å². The summed E-state index contributed by atoms with van der Waals surface area (Å²) in [6, 6.07) is 10.1. The predicted octanol–water partition coefficient (Wildman–Crippen LogP) is 5.77. The van der Waals surface area contributed by atoms with Gasteiger partial charge in [-0.05, 0) is 41.7 Å². The van der Waals surface area contributed by atoms with Crippen LogP contribution in [-0.2, 0) is 11.3 Å². The lowest BCUT2D eigenvalue weighted by molar-refractivity contribution is -0.117. The van der Waals surface area contributed by atoms with Gasteiger partial charge >= 0.3 is 0 Å². The number of carbonyl (C=O) groups excluding carboxylic acids is 1. The van der Waals surface area contributed by atoms with Crippen molar-refractivity contribution >= 4 is 28.9 Å². The van der Waals surface area contributed by atoms with Crippen molar-refractivity contribution in [1.82, 2.24) is 0 Å². The highest BCUT2D eigenvalue weighted by Gasteiger charge is 2.18. The highest BCUT2D eigenvalue weighted by Crippen LogP contribution is 2.34. The van der Waals surface area contributed by atoms with Crippen LogP contribution in [-0.4, -0.2) is 5.91 Å². The summed E-state index contributed by atoms with van der Waals surface area (Å²) in [4.78, 5) is 12.2.